The molecular formula is C22H23F4N2OPS. The van der Waals surface area contributed by atoms with E-state index in [2.05, 4.69) is 11.9 Å². The number of carbonyl (C=O) groups excluding carboxylic acids is 1. The Morgan fingerprint density at radius 1 is 1.29 bits per heavy atom. The number of amides is 1. The Labute approximate surface area is 185 Å². The lowest BCUT2D eigenvalue weighted by Crippen LogP contribution is -2.33. The first-order chi connectivity index (χ1) is 14.6. The molecule has 9 heteroatoms. The average molecular weight is 470 g/mol. The van der Waals surface area contributed by atoms with E-state index >= 15 is 0 Å². The van der Waals surface area contributed by atoms with E-state index in [1.807, 2.05) is 6.92 Å². The van der Waals surface area contributed by atoms with E-state index in [0.717, 1.165) is 16.9 Å². The van der Waals surface area contributed by atoms with Crippen molar-refractivity contribution in [1.82, 2.24) is 10.2 Å². The Kier molecular flexibility index (Phi) is 7.65. The van der Waals surface area contributed by atoms with Crippen LogP contribution in [0.2, 0.25) is 0 Å². The maximum atomic E-state index is 13.4. The van der Waals surface area contributed by atoms with Crippen LogP contribution in [0.15, 0.2) is 59.0 Å². The lowest BCUT2D eigenvalue weighted by Gasteiger charge is -2.19. The molecule has 0 radical (unpaired) electrons. The summed E-state index contributed by atoms with van der Waals surface area (Å²) in [5, 5.41) is 3.92. The normalized spacial score (nSPS) is 16.8. The molecule has 0 aliphatic carbocycles. The first-order valence-electron chi connectivity index (χ1n) is 9.72. The van der Waals surface area contributed by atoms with Crippen molar-refractivity contribution >= 4 is 31.6 Å². The fourth-order valence-corrected chi connectivity index (χ4v) is 5.03. The van der Waals surface area contributed by atoms with Gasteiger partial charge < -0.3 is 10.2 Å². The minimum Gasteiger partial charge on any atom is -0.380 e. The number of aryl methyl sites for hydroxylation is 1. The van der Waals surface area contributed by atoms with E-state index in [1.54, 1.807) is 17.0 Å². The standard InChI is InChI=1S/C22H23F4N2OPS/c1-14-7-8-17(23)11-20(14)31-15(2)27-12-16-9-10-28(13-16)21(29)18-5-3-4-6-19(18)30-22(24,25)26/h3-8,11,16,27,30H,2,9-10,12-13H2,1H3. The zero-order chi connectivity index (χ0) is 22.6. The number of alkyl halides is 3. The summed E-state index contributed by atoms with van der Waals surface area (Å²) in [5.74, 6) is -4.85. The summed E-state index contributed by atoms with van der Waals surface area (Å²) < 4.78 is 52.0. The molecule has 1 aliphatic rings. The number of nitrogens with zero attached hydrogens (tertiary/aromatic N) is 1. The van der Waals surface area contributed by atoms with E-state index in [0.29, 0.717) is 24.7 Å². The number of rotatable bonds is 7. The van der Waals surface area contributed by atoms with E-state index in [4.69, 9.17) is 0 Å². The number of nitrogens with one attached hydrogen (secondary N) is 1. The minimum atomic E-state index is -4.34. The second kappa shape index (κ2) is 10.0. The van der Waals surface area contributed by atoms with Gasteiger partial charge in [-0.2, -0.15) is 13.2 Å². The van der Waals surface area contributed by atoms with Crippen molar-refractivity contribution in [3.05, 3.63) is 71.0 Å². The quantitative estimate of drug-likeness (QED) is 0.340. The molecule has 1 heterocycles. The third kappa shape index (κ3) is 6.71. The SMILES string of the molecule is C=C(NCC1CCN(C(=O)c2ccccc2PC(F)(F)F)C1)Sc1cc(F)ccc1C. The molecule has 1 N–H and O–H groups in total. The Bertz CT molecular complexity index is 967. The molecule has 3 nitrogen and oxygen atoms in total. The minimum absolute atomic E-state index is 0.0248. The molecule has 0 saturated carbocycles. The van der Waals surface area contributed by atoms with Crippen molar-refractivity contribution in [2.75, 3.05) is 19.6 Å². The molecule has 1 fully saturated rings. The van der Waals surface area contributed by atoms with Crippen LogP contribution in [0.4, 0.5) is 17.6 Å². The molecule has 2 unspecified atom stereocenters. The maximum absolute atomic E-state index is 13.4. The highest BCUT2D eigenvalue weighted by molar-refractivity contribution is 8.03. The van der Waals surface area contributed by atoms with Crippen LogP contribution in [0.25, 0.3) is 0 Å². The summed E-state index contributed by atoms with van der Waals surface area (Å²) >= 11 is 1.35. The van der Waals surface area contributed by atoms with E-state index in [1.165, 1.54) is 42.1 Å². The van der Waals surface area contributed by atoms with Crippen molar-refractivity contribution in [2.24, 2.45) is 5.92 Å². The monoisotopic (exact) mass is 470 g/mol. The number of carbonyl (C=O) groups is 1. The van der Waals surface area contributed by atoms with Crippen LogP contribution >= 0.6 is 20.3 Å². The van der Waals surface area contributed by atoms with Crippen LogP contribution in [0.3, 0.4) is 0 Å². The van der Waals surface area contributed by atoms with Gasteiger partial charge in [0, 0.05) is 38.7 Å². The molecule has 1 aliphatic heterocycles. The largest absolute Gasteiger partial charge is 0.406 e. The number of likely N-dealkylation sites (tertiary alicyclic amines) is 1. The Balaban J connectivity index is 1.54. The van der Waals surface area contributed by atoms with Crippen molar-refractivity contribution in [3.8, 4) is 0 Å². The summed E-state index contributed by atoms with van der Waals surface area (Å²) in [4.78, 5) is 15.2. The van der Waals surface area contributed by atoms with Gasteiger partial charge in [-0.15, -0.1) is 0 Å². The number of thioether (sulfide) groups is 1. The molecule has 2 aromatic rings. The van der Waals surface area contributed by atoms with Gasteiger partial charge in [-0.05, 0) is 48.3 Å². The Morgan fingerprint density at radius 3 is 2.77 bits per heavy atom. The Morgan fingerprint density at radius 2 is 2.03 bits per heavy atom. The molecule has 166 valence electrons. The van der Waals surface area contributed by atoms with Gasteiger partial charge in [-0.3, -0.25) is 4.79 Å². The summed E-state index contributed by atoms with van der Waals surface area (Å²) in [6.07, 6.45) is 0.749. The summed E-state index contributed by atoms with van der Waals surface area (Å²) in [6.45, 7) is 7.41. The van der Waals surface area contributed by atoms with Crippen molar-refractivity contribution in [2.45, 2.75) is 24.2 Å². The van der Waals surface area contributed by atoms with E-state index in [-0.39, 0.29) is 28.5 Å². The first kappa shape index (κ1) is 23.6. The van der Waals surface area contributed by atoms with Gasteiger partial charge in [0.15, 0.2) is 0 Å². The number of hydrogen-bond acceptors (Lipinski definition) is 3. The van der Waals surface area contributed by atoms with Gasteiger partial charge in [0.25, 0.3) is 5.91 Å². The average Bonchev–Trinajstić information content (AvgIpc) is 3.17. The summed E-state index contributed by atoms with van der Waals surface area (Å²) in [5.41, 5.74) is 1.07. The van der Waals surface area contributed by atoms with Crippen LogP contribution in [0.5, 0.6) is 0 Å². The van der Waals surface area contributed by atoms with Gasteiger partial charge in [0.2, 0.25) is 0 Å². The third-order valence-electron chi connectivity index (χ3n) is 4.98. The summed E-state index contributed by atoms with van der Waals surface area (Å²) in [7, 11) is -1.40. The smallest absolute Gasteiger partial charge is 0.380 e. The van der Waals surface area contributed by atoms with Crippen LogP contribution in [-0.4, -0.2) is 36.4 Å². The molecular weight excluding hydrogens is 447 g/mol. The zero-order valence-electron chi connectivity index (χ0n) is 16.9. The number of benzene rings is 2. The predicted octanol–water partition coefficient (Wildman–Crippen LogP) is 5.27. The lowest BCUT2D eigenvalue weighted by atomic mass is 10.1. The van der Waals surface area contributed by atoms with Gasteiger partial charge in [0.05, 0.1) is 5.03 Å². The highest BCUT2D eigenvalue weighted by atomic mass is 32.2. The molecule has 1 amide bonds. The second-order valence-corrected chi connectivity index (χ2v) is 9.88. The second-order valence-electron chi connectivity index (χ2n) is 7.39. The molecule has 31 heavy (non-hydrogen) atoms. The molecule has 0 aromatic heterocycles. The van der Waals surface area contributed by atoms with Gasteiger partial charge in [-0.1, -0.05) is 42.6 Å². The van der Waals surface area contributed by atoms with Crippen LogP contribution < -0.4 is 10.6 Å². The fourth-order valence-electron chi connectivity index (χ4n) is 3.40. The first-order valence-corrected chi connectivity index (χ1v) is 11.5. The topological polar surface area (TPSA) is 32.3 Å². The van der Waals surface area contributed by atoms with Crippen molar-refractivity contribution in [3.63, 3.8) is 0 Å². The van der Waals surface area contributed by atoms with Gasteiger partial charge >= 0.3 is 5.92 Å². The fraction of sp³-hybridized carbons (Fsp3) is 0.318. The van der Waals surface area contributed by atoms with E-state index < -0.39 is 14.5 Å². The highest BCUT2D eigenvalue weighted by Crippen LogP contribution is 2.36. The van der Waals surface area contributed by atoms with Crippen molar-refractivity contribution < 1.29 is 22.4 Å². The molecule has 0 bridgehead atoms. The Hall–Kier alpha value is -2.05. The molecule has 1 saturated heterocycles. The van der Waals surface area contributed by atoms with Crippen LogP contribution in [0, 0.1) is 18.7 Å². The van der Waals surface area contributed by atoms with Gasteiger partial charge in [-0.25, -0.2) is 4.39 Å². The molecule has 0 spiro atoms. The lowest BCUT2D eigenvalue weighted by molar-refractivity contribution is -0.0359. The van der Waals surface area contributed by atoms with E-state index in [9.17, 15) is 22.4 Å². The predicted molar refractivity (Wildman–Crippen MR) is 119 cm³/mol. The molecule has 2 atom stereocenters. The van der Waals surface area contributed by atoms with Crippen LogP contribution in [-0.2, 0) is 0 Å². The van der Waals surface area contributed by atoms with Crippen LogP contribution in [0.1, 0.15) is 22.3 Å². The number of hydrogen-bond donors (Lipinski definition) is 1. The molecule has 2 aromatic carbocycles. The highest BCUT2D eigenvalue weighted by Gasteiger charge is 2.32. The van der Waals surface area contributed by atoms with Crippen molar-refractivity contribution in [1.29, 1.82) is 0 Å². The third-order valence-corrected chi connectivity index (χ3v) is 7.02. The van der Waals surface area contributed by atoms with Gasteiger partial charge in [0.1, 0.15) is 5.82 Å². The maximum Gasteiger partial charge on any atom is 0.406 e. The molecule has 3 rings (SSSR count). The summed E-state index contributed by atoms with van der Waals surface area (Å²) in [6, 6.07) is 10.5. The number of halogens is 4. The zero-order valence-corrected chi connectivity index (χ0v) is 18.7.